The zero-order valence-electron chi connectivity index (χ0n) is 8.64. The molecule has 0 aliphatic carbocycles. The smallest absolute Gasteiger partial charge is 0.373 e. The van der Waals surface area contributed by atoms with E-state index in [-0.39, 0.29) is 6.61 Å². The van der Waals surface area contributed by atoms with E-state index in [1.54, 1.807) is 24.3 Å². The van der Waals surface area contributed by atoms with Crippen molar-refractivity contribution in [3.8, 4) is 0 Å². The van der Waals surface area contributed by atoms with Crippen molar-refractivity contribution >= 4 is 5.97 Å². The lowest BCUT2D eigenvalue weighted by Crippen LogP contribution is -2.10. The van der Waals surface area contributed by atoms with E-state index in [9.17, 15) is 4.79 Å². The minimum Gasteiger partial charge on any atom is -0.379 e. The number of carbonyl (C=O) groups excluding carboxylic acids is 1. The first kappa shape index (κ1) is 11.7. The predicted molar refractivity (Wildman–Crippen MR) is 54.3 cm³/mol. The van der Waals surface area contributed by atoms with E-state index < -0.39 is 5.97 Å². The molecule has 1 rings (SSSR count). The topological polar surface area (TPSA) is 44.8 Å². The second-order valence-corrected chi connectivity index (χ2v) is 2.76. The largest absolute Gasteiger partial charge is 0.379 e. The minimum atomic E-state index is -0.493. The van der Waals surface area contributed by atoms with E-state index in [0.29, 0.717) is 18.8 Å². The molecule has 0 unspecified atom stereocenters. The van der Waals surface area contributed by atoms with Gasteiger partial charge in [0.15, 0.2) is 0 Å². The Morgan fingerprint density at radius 1 is 1.20 bits per heavy atom. The molecular formula is C11H14O4. The van der Waals surface area contributed by atoms with Crippen molar-refractivity contribution in [2.24, 2.45) is 0 Å². The van der Waals surface area contributed by atoms with Crippen LogP contribution < -0.4 is 0 Å². The summed E-state index contributed by atoms with van der Waals surface area (Å²) in [6.07, 6.45) is 0. The molecule has 0 saturated carbocycles. The fraction of sp³-hybridized carbons (Fsp3) is 0.364. The van der Waals surface area contributed by atoms with Crippen molar-refractivity contribution in [2.45, 2.75) is 6.92 Å². The molecule has 0 fully saturated rings. The van der Waals surface area contributed by atoms with Crippen molar-refractivity contribution in [1.29, 1.82) is 0 Å². The molecule has 1 aromatic carbocycles. The summed E-state index contributed by atoms with van der Waals surface area (Å²) in [7, 11) is 0. The van der Waals surface area contributed by atoms with Crippen LogP contribution in [0.3, 0.4) is 0 Å². The van der Waals surface area contributed by atoms with Crippen LogP contribution in [0.5, 0.6) is 0 Å². The molecule has 1 aromatic rings. The fourth-order valence-corrected chi connectivity index (χ4v) is 0.955. The highest BCUT2D eigenvalue weighted by Crippen LogP contribution is 2.00. The van der Waals surface area contributed by atoms with Crippen molar-refractivity contribution in [2.75, 3.05) is 19.8 Å². The van der Waals surface area contributed by atoms with Gasteiger partial charge in [0, 0.05) is 6.61 Å². The van der Waals surface area contributed by atoms with Crippen molar-refractivity contribution in [3.63, 3.8) is 0 Å². The molecule has 15 heavy (non-hydrogen) atoms. The highest BCUT2D eigenvalue weighted by molar-refractivity contribution is 5.88. The number of carbonyl (C=O) groups is 1. The molecule has 0 aliphatic rings. The summed E-state index contributed by atoms with van der Waals surface area (Å²) >= 11 is 0. The van der Waals surface area contributed by atoms with Crippen LogP contribution in [0.2, 0.25) is 0 Å². The van der Waals surface area contributed by atoms with E-state index in [1.807, 2.05) is 13.0 Å². The summed E-state index contributed by atoms with van der Waals surface area (Å²) in [4.78, 5) is 20.5. The Bertz CT molecular complexity index is 284. The zero-order valence-corrected chi connectivity index (χ0v) is 8.64. The lowest BCUT2D eigenvalue weighted by Gasteiger charge is -2.03. The van der Waals surface area contributed by atoms with E-state index in [2.05, 4.69) is 9.78 Å². The molecular weight excluding hydrogens is 196 g/mol. The quantitative estimate of drug-likeness (QED) is 0.408. The Morgan fingerprint density at radius 3 is 2.60 bits per heavy atom. The summed E-state index contributed by atoms with van der Waals surface area (Å²) in [5.74, 6) is -0.493. The summed E-state index contributed by atoms with van der Waals surface area (Å²) in [5, 5.41) is 0. The van der Waals surface area contributed by atoms with Crippen molar-refractivity contribution in [1.82, 2.24) is 0 Å². The molecule has 0 bridgehead atoms. The first-order valence-corrected chi connectivity index (χ1v) is 4.81. The highest BCUT2D eigenvalue weighted by atomic mass is 17.2. The van der Waals surface area contributed by atoms with Crippen molar-refractivity contribution < 1.29 is 19.3 Å². The molecule has 0 aromatic heterocycles. The van der Waals surface area contributed by atoms with Gasteiger partial charge < -0.3 is 4.74 Å². The van der Waals surface area contributed by atoms with Crippen molar-refractivity contribution in [3.05, 3.63) is 35.9 Å². The molecule has 0 atom stereocenters. The first-order chi connectivity index (χ1) is 7.34. The highest BCUT2D eigenvalue weighted by Gasteiger charge is 2.06. The standard InChI is InChI=1S/C11H14O4/c1-2-13-8-9-14-15-11(12)10-6-4-3-5-7-10/h3-7H,2,8-9H2,1H3. The molecule has 4 nitrogen and oxygen atoms in total. The molecule has 0 aliphatic heterocycles. The lowest BCUT2D eigenvalue weighted by atomic mass is 10.2. The van der Waals surface area contributed by atoms with Gasteiger partial charge in [-0.3, -0.25) is 4.89 Å². The monoisotopic (exact) mass is 210 g/mol. The maximum atomic E-state index is 11.3. The van der Waals surface area contributed by atoms with Crippen LogP contribution >= 0.6 is 0 Å². The van der Waals surface area contributed by atoms with Crippen LogP contribution in [-0.2, 0) is 14.5 Å². The van der Waals surface area contributed by atoms with Crippen LogP contribution in [0.15, 0.2) is 30.3 Å². The normalized spacial score (nSPS) is 9.93. The first-order valence-electron chi connectivity index (χ1n) is 4.81. The number of rotatable bonds is 6. The van der Waals surface area contributed by atoms with Crippen LogP contribution in [-0.4, -0.2) is 25.8 Å². The van der Waals surface area contributed by atoms with E-state index in [4.69, 9.17) is 4.74 Å². The van der Waals surface area contributed by atoms with Crippen LogP contribution in [0.1, 0.15) is 17.3 Å². The van der Waals surface area contributed by atoms with Gasteiger partial charge in [-0.25, -0.2) is 4.79 Å². The maximum absolute atomic E-state index is 11.3. The zero-order chi connectivity index (χ0) is 10.9. The molecule has 0 heterocycles. The van der Waals surface area contributed by atoms with Gasteiger partial charge in [-0.1, -0.05) is 18.2 Å². The van der Waals surface area contributed by atoms with Crippen LogP contribution in [0.25, 0.3) is 0 Å². The molecule has 82 valence electrons. The van der Waals surface area contributed by atoms with Gasteiger partial charge in [0.1, 0.15) is 6.61 Å². The Labute approximate surface area is 88.7 Å². The van der Waals surface area contributed by atoms with E-state index in [0.717, 1.165) is 0 Å². The van der Waals surface area contributed by atoms with Crippen LogP contribution in [0.4, 0.5) is 0 Å². The van der Waals surface area contributed by atoms with Gasteiger partial charge >= 0.3 is 5.97 Å². The summed E-state index contributed by atoms with van der Waals surface area (Å²) < 4.78 is 5.00. The van der Waals surface area contributed by atoms with E-state index >= 15 is 0 Å². The number of hydrogen-bond donors (Lipinski definition) is 0. The summed E-state index contributed by atoms with van der Waals surface area (Å²) in [6.45, 7) is 3.16. The third kappa shape index (κ3) is 4.58. The van der Waals surface area contributed by atoms with Gasteiger partial charge in [-0.15, -0.1) is 0 Å². The van der Waals surface area contributed by atoms with Gasteiger partial charge in [-0.05, 0) is 19.1 Å². The van der Waals surface area contributed by atoms with Gasteiger partial charge in [0.05, 0.1) is 12.2 Å². The molecule has 4 heteroatoms. The number of ether oxygens (including phenoxy) is 1. The minimum absolute atomic E-state index is 0.242. The van der Waals surface area contributed by atoms with Gasteiger partial charge in [-0.2, -0.15) is 4.89 Å². The molecule has 0 amide bonds. The Morgan fingerprint density at radius 2 is 1.93 bits per heavy atom. The second kappa shape index (κ2) is 6.98. The molecule has 0 N–H and O–H groups in total. The Kier molecular flexibility index (Phi) is 5.43. The number of benzene rings is 1. The third-order valence-corrected chi connectivity index (χ3v) is 1.66. The van der Waals surface area contributed by atoms with Gasteiger partial charge in [0.2, 0.25) is 0 Å². The number of hydrogen-bond acceptors (Lipinski definition) is 4. The summed E-state index contributed by atoms with van der Waals surface area (Å²) in [6, 6.07) is 8.67. The maximum Gasteiger partial charge on any atom is 0.373 e. The molecule has 0 spiro atoms. The van der Waals surface area contributed by atoms with E-state index in [1.165, 1.54) is 0 Å². The average molecular weight is 210 g/mol. The second-order valence-electron chi connectivity index (χ2n) is 2.76. The van der Waals surface area contributed by atoms with Crippen LogP contribution in [0, 0.1) is 0 Å². The fourth-order valence-electron chi connectivity index (χ4n) is 0.955. The summed E-state index contributed by atoms with van der Waals surface area (Å²) in [5.41, 5.74) is 0.467. The predicted octanol–water partition coefficient (Wildman–Crippen LogP) is 1.81. The van der Waals surface area contributed by atoms with Gasteiger partial charge in [0.25, 0.3) is 0 Å². The third-order valence-electron chi connectivity index (χ3n) is 1.66. The average Bonchev–Trinajstić information content (AvgIpc) is 2.30. The Balaban J connectivity index is 2.20. The molecule has 0 saturated heterocycles. The SMILES string of the molecule is CCOCCOOC(=O)c1ccccc1. The molecule has 0 radical (unpaired) electrons. The lowest BCUT2D eigenvalue weighted by molar-refractivity contribution is -0.247. The Hall–Kier alpha value is -1.39.